The molecule has 0 unspecified atom stereocenters. The SMILES string of the molecule is O=C(NC1CCN(c2ccc(C(F)(F)F)cn2)CC1)c1cccnc1Cl. The van der Waals surface area contributed by atoms with Gasteiger partial charge in [0.15, 0.2) is 0 Å². The van der Waals surface area contributed by atoms with E-state index in [-0.39, 0.29) is 17.1 Å². The highest BCUT2D eigenvalue weighted by atomic mass is 35.5. The Morgan fingerprint density at radius 3 is 2.50 bits per heavy atom. The molecule has 5 nitrogen and oxygen atoms in total. The van der Waals surface area contributed by atoms with Gasteiger partial charge < -0.3 is 10.2 Å². The van der Waals surface area contributed by atoms with Gasteiger partial charge in [-0.3, -0.25) is 4.79 Å². The Morgan fingerprint density at radius 2 is 1.92 bits per heavy atom. The minimum absolute atomic E-state index is 0.0375. The van der Waals surface area contributed by atoms with Crippen LogP contribution < -0.4 is 10.2 Å². The van der Waals surface area contributed by atoms with Gasteiger partial charge in [-0.2, -0.15) is 13.2 Å². The van der Waals surface area contributed by atoms with E-state index in [1.165, 1.54) is 12.3 Å². The summed E-state index contributed by atoms with van der Waals surface area (Å²) in [5.41, 5.74) is -0.447. The topological polar surface area (TPSA) is 58.1 Å². The van der Waals surface area contributed by atoms with Gasteiger partial charge in [-0.1, -0.05) is 11.6 Å². The highest BCUT2D eigenvalue weighted by molar-refractivity contribution is 6.32. The lowest BCUT2D eigenvalue weighted by molar-refractivity contribution is -0.137. The van der Waals surface area contributed by atoms with Crippen molar-refractivity contribution in [1.82, 2.24) is 15.3 Å². The van der Waals surface area contributed by atoms with Gasteiger partial charge in [0.2, 0.25) is 0 Å². The van der Waals surface area contributed by atoms with Crippen molar-refractivity contribution in [3.05, 3.63) is 52.9 Å². The van der Waals surface area contributed by atoms with E-state index in [0.717, 1.165) is 12.3 Å². The smallest absolute Gasteiger partial charge is 0.356 e. The van der Waals surface area contributed by atoms with Crippen molar-refractivity contribution in [2.45, 2.75) is 25.1 Å². The minimum Gasteiger partial charge on any atom is -0.356 e. The van der Waals surface area contributed by atoms with Crippen LogP contribution in [0.4, 0.5) is 19.0 Å². The van der Waals surface area contributed by atoms with Crippen molar-refractivity contribution < 1.29 is 18.0 Å². The van der Waals surface area contributed by atoms with Crippen LogP contribution in [-0.2, 0) is 6.18 Å². The van der Waals surface area contributed by atoms with E-state index in [0.29, 0.717) is 37.3 Å². The zero-order valence-electron chi connectivity index (χ0n) is 13.6. The van der Waals surface area contributed by atoms with Crippen LogP contribution in [0.15, 0.2) is 36.7 Å². The Morgan fingerprint density at radius 1 is 1.19 bits per heavy atom. The molecule has 1 amide bonds. The molecular formula is C17H16ClF3N4O. The molecular weight excluding hydrogens is 369 g/mol. The van der Waals surface area contributed by atoms with E-state index in [2.05, 4.69) is 15.3 Å². The highest BCUT2D eigenvalue weighted by Gasteiger charge is 2.31. The molecule has 1 fully saturated rings. The Labute approximate surface area is 153 Å². The summed E-state index contributed by atoms with van der Waals surface area (Å²) < 4.78 is 37.8. The van der Waals surface area contributed by atoms with Crippen molar-refractivity contribution in [3.8, 4) is 0 Å². The molecule has 1 N–H and O–H groups in total. The number of pyridine rings is 2. The van der Waals surface area contributed by atoms with E-state index in [1.807, 2.05) is 4.90 Å². The van der Waals surface area contributed by atoms with Crippen LogP contribution in [0, 0.1) is 0 Å². The first kappa shape index (κ1) is 18.4. The summed E-state index contributed by atoms with van der Waals surface area (Å²) in [7, 11) is 0. The van der Waals surface area contributed by atoms with Crippen LogP contribution in [0.1, 0.15) is 28.8 Å². The molecule has 0 bridgehead atoms. The predicted octanol–water partition coefficient (Wildman–Crippen LogP) is 3.55. The first-order valence-electron chi connectivity index (χ1n) is 8.04. The average Bonchev–Trinajstić information content (AvgIpc) is 2.62. The molecule has 2 aromatic heterocycles. The predicted molar refractivity (Wildman–Crippen MR) is 91.2 cm³/mol. The summed E-state index contributed by atoms with van der Waals surface area (Å²) in [5.74, 6) is 0.215. The summed E-state index contributed by atoms with van der Waals surface area (Å²) in [6.07, 6.45) is -0.725. The number of carbonyl (C=O) groups excluding carboxylic acids is 1. The first-order valence-corrected chi connectivity index (χ1v) is 8.42. The monoisotopic (exact) mass is 384 g/mol. The third-order valence-electron chi connectivity index (χ3n) is 4.23. The van der Waals surface area contributed by atoms with Gasteiger partial charge in [-0.05, 0) is 37.1 Å². The minimum atomic E-state index is -4.39. The van der Waals surface area contributed by atoms with Crippen molar-refractivity contribution in [2.75, 3.05) is 18.0 Å². The first-order chi connectivity index (χ1) is 12.3. The van der Waals surface area contributed by atoms with E-state index in [9.17, 15) is 18.0 Å². The van der Waals surface area contributed by atoms with Crippen LogP contribution in [0.5, 0.6) is 0 Å². The van der Waals surface area contributed by atoms with E-state index in [1.54, 1.807) is 12.1 Å². The molecule has 0 aromatic carbocycles. The number of hydrogen-bond donors (Lipinski definition) is 1. The van der Waals surface area contributed by atoms with Crippen molar-refractivity contribution in [3.63, 3.8) is 0 Å². The molecule has 1 aliphatic heterocycles. The van der Waals surface area contributed by atoms with Gasteiger partial charge in [0.1, 0.15) is 11.0 Å². The lowest BCUT2D eigenvalue weighted by Gasteiger charge is -2.33. The third kappa shape index (κ3) is 4.24. The molecule has 0 aliphatic carbocycles. The fourth-order valence-electron chi connectivity index (χ4n) is 2.81. The summed E-state index contributed by atoms with van der Waals surface area (Å²) in [4.78, 5) is 21.9. The molecule has 0 saturated carbocycles. The third-order valence-corrected chi connectivity index (χ3v) is 4.53. The van der Waals surface area contributed by atoms with Crippen molar-refractivity contribution in [2.24, 2.45) is 0 Å². The second-order valence-corrected chi connectivity index (χ2v) is 6.34. The van der Waals surface area contributed by atoms with E-state index in [4.69, 9.17) is 11.6 Å². The molecule has 0 spiro atoms. The van der Waals surface area contributed by atoms with E-state index < -0.39 is 11.7 Å². The number of rotatable bonds is 3. The fourth-order valence-corrected chi connectivity index (χ4v) is 3.02. The highest BCUT2D eigenvalue weighted by Crippen LogP contribution is 2.29. The van der Waals surface area contributed by atoms with Gasteiger partial charge in [0, 0.05) is 31.5 Å². The standard InChI is InChI=1S/C17H16ClF3N4O/c18-15-13(2-1-7-22-15)16(26)24-12-5-8-25(9-6-12)14-4-3-11(10-23-14)17(19,20)21/h1-4,7,10,12H,5-6,8-9H2,(H,24,26). The summed E-state index contributed by atoms with van der Waals surface area (Å²) in [5, 5.41) is 3.07. The van der Waals surface area contributed by atoms with Crippen LogP contribution in [0.3, 0.4) is 0 Å². The quantitative estimate of drug-likeness (QED) is 0.822. The number of alkyl halides is 3. The van der Waals surface area contributed by atoms with Gasteiger partial charge >= 0.3 is 6.18 Å². The number of aromatic nitrogens is 2. The number of piperidine rings is 1. The van der Waals surface area contributed by atoms with Crippen LogP contribution >= 0.6 is 11.6 Å². The van der Waals surface area contributed by atoms with E-state index >= 15 is 0 Å². The molecule has 1 saturated heterocycles. The second-order valence-electron chi connectivity index (χ2n) is 5.98. The molecule has 0 atom stereocenters. The normalized spacial score (nSPS) is 15.8. The van der Waals surface area contributed by atoms with Gasteiger partial charge in [-0.25, -0.2) is 9.97 Å². The van der Waals surface area contributed by atoms with Crippen LogP contribution in [0.25, 0.3) is 0 Å². The summed E-state index contributed by atoms with van der Waals surface area (Å²) >= 11 is 5.92. The molecule has 138 valence electrons. The fraction of sp³-hybridized carbons (Fsp3) is 0.353. The Hall–Kier alpha value is -2.35. The molecule has 3 rings (SSSR count). The maximum atomic E-state index is 12.6. The number of amides is 1. The zero-order chi connectivity index (χ0) is 18.7. The van der Waals surface area contributed by atoms with Crippen molar-refractivity contribution in [1.29, 1.82) is 0 Å². The number of halogens is 4. The van der Waals surface area contributed by atoms with Crippen molar-refractivity contribution >= 4 is 23.3 Å². The number of carbonyl (C=O) groups is 1. The Kier molecular flexibility index (Phi) is 5.31. The largest absolute Gasteiger partial charge is 0.417 e. The molecule has 0 radical (unpaired) electrons. The number of nitrogens with zero attached hydrogens (tertiary/aromatic N) is 3. The molecule has 3 heterocycles. The lowest BCUT2D eigenvalue weighted by atomic mass is 10.0. The molecule has 2 aromatic rings. The zero-order valence-corrected chi connectivity index (χ0v) is 14.4. The van der Waals surface area contributed by atoms with Gasteiger partial charge in [-0.15, -0.1) is 0 Å². The maximum Gasteiger partial charge on any atom is 0.417 e. The van der Waals surface area contributed by atoms with Crippen LogP contribution in [0.2, 0.25) is 5.15 Å². The Bertz CT molecular complexity index is 774. The van der Waals surface area contributed by atoms with Gasteiger partial charge in [0.25, 0.3) is 5.91 Å². The number of anilines is 1. The molecule has 1 aliphatic rings. The Balaban J connectivity index is 1.56. The second kappa shape index (κ2) is 7.49. The van der Waals surface area contributed by atoms with Crippen LogP contribution in [-0.4, -0.2) is 35.0 Å². The summed E-state index contributed by atoms with van der Waals surface area (Å²) in [6.45, 7) is 1.17. The maximum absolute atomic E-state index is 12.6. The molecule has 9 heteroatoms. The van der Waals surface area contributed by atoms with Gasteiger partial charge in [0.05, 0.1) is 11.1 Å². The summed E-state index contributed by atoms with van der Waals surface area (Å²) in [6, 6.07) is 5.60. The average molecular weight is 385 g/mol. The number of hydrogen-bond acceptors (Lipinski definition) is 4. The molecule has 26 heavy (non-hydrogen) atoms. The lowest BCUT2D eigenvalue weighted by Crippen LogP contribution is -2.45. The number of nitrogens with one attached hydrogen (secondary N) is 1.